The summed E-state index contributed by atoms with van der Waals surface area (Å²) in [6.45, 7) is 3.96. The Bertz CT molecular complexity index is 609. The Morgan fingerprint density at radius 3 is 2.12 bits per heavy atom. The fraction of sp³-hybridized carbons (Fsp3) is 0.471. The first-order valence-electron chi connectivity index (χ1n) is 8.07. The van der Waals surface area contributed by atoms with E-state index in [2.05, 4.69) is 15.0 Å². The Morgan fingerprint density at radius 2 is 1.56 bits per heavy atom. The fourth-order valence-electron chi connectivity index (χ4n) is 2.59. The molecule has 0 saturated carbocycles. The molecule has 0 aromatic heterocycles. The van der Waals surface area contributed by atoms with Gasteiger partial charge in [-0.25, -0.2) is 9.59 Å². The van der Waals surface area contributed by atoms with E-state index in [1.54, 1.807) is 29.2 Å². The topological polar surface area (TPSA) is 88.2 Å². The van der Waals surface area contributed by atoms with Crippen LogP contribution in [0, 0.1) is 0 Å². The van der Waals surface area contributed by atoms with Crippen molar-refractivity contribution in [3.8, 4) is 0 Å². The Hall–Kier alpha value is -2.61. The zero-order valence-corrected chi connectivity index (χ0v) is 14.5. The number of nitrogens with one attached hydrogen (secondary N) is 1. The van der Waals surface area contributed by atoms with Crippen molar-refractivity contribution in [2.24, 2.45) is 0 Å². The standard InChI is InChI=1S/C17H23N3O5/c1-24-16(22)14-5-3-13(4-6-14)15(21)18-7-8-19-9-11-20(12-10-19)17(23)25-2/h3-6H,7-12H2,1-2H3,(H,18,21). The van der Waals surface area contributed by atoms with Gasteiger partial charge in [0.15, 0.2) is 0 Å². The number of carbonyl (C=O) groups is 3. The van der Waals surface area contributed by atoms with E-state index >= 15 is 0 Å². The van der Waals surface area contributed by atoms with Crippen molar-refractivity contribution >= 4 is 18.0 Å². The smallest absolute Gasteiger partial charge is 0.409 e. The van der Waals surface area contributed by atoms with Crippen molar-refractivity contribution in [3.63, 3.8) is 0 Å². The first-order chi connectivity index (χ1) is 12.0. The lowest BCUT2D eigenvalue weighted by atomic mass is 10.1. The highest BCUT2D eigenvalue weighted by Crippen LogP contribution is 2.06. The molecule has 1 N–H and O–H groups in total. The molecule has 25 heavy (non-hydrogen) atoms. The summed E-state index contributed by atoms with van der Waals surface area (Å²) in [7, 11) is 2.69. The molecule has 0 bridgehead atoms. The van der Waals surface area contributed by atoms with Crippen molar-refractivity contribution in [2.75, 3.05) is 53.5 Å². The number of rotatable bonds is 5. The Balaban J connectivity index is 1.72. The SMILES string of the molecule is COC(=O)c1ccc(C(=O)NCCN2CCN(C(=O)OC)CC2)cc1. The molecule has 2 rings (SSSR count). The van der Waals surface area contributed by atoms with Gasteiger partial charge in [-0.3, -0.25) is 9.69 Å². The number of hydrogen-bond acceptors (Lipinski definition) is 6. The number of benzene rings is 1. The molecule has 2 amide bonds. The average molecular weight is 349 g/mol. The second-order valence-corrected chi connectivity index (χ2v) is 5.62. The van der Waals surface area contributed by atoms with Crippen LogP contribution in [0.25, 0.3) is 0 Å². The molecule has 1 heterocycles. The summed E-state index contributed by atoms with van der Waals surface area (Å²) in [4.78, 5) is 38.7. The van der Waals surface area contributed by atoms with Gasteiger partial charge in [0.05, 0.1) is 19.8 Å². The molecule has 1 aromatic rings. The largest absolute Gasteiger partial charge is 0.465 e. The molecular formula is C17H23N3O5. The van der Waals surface area contributed by atoms with E-state index in [1.807, 2.05) is 0 Å². The Labute approximate surface area is 146 Å². The van der Waals surface area contributed by atoms with Gasteiger partial charge < -0.3 is 19.7 Å². The third-order valence-corrected chi connectivity index (χ3v) is 4.09. The van der Waals surface area contributed by atoms with Crippen molar-refractivity contribution in [1.29, 1.82) is 0 Å². The van der Waals surface area contributed by atoms with Gasteiger partial charge in [-0.15, -0.1) is 0 Å². The van der Waals surface area contributed by atoms with Gasteiger partial charge in [-0.1, -0.05) is 0 Å². The molecule has 1 saturated heterocycles. The summed E-state index contributed by atoms with van der Waals surface area (Å²) in [6.07, 6.45) is -0.302. The van der Waals surface area contributed by atoms with Crippen LogP contribution in [0.3, 0.4) is 0 Å². The van der Waals surface area contributed by atoms with E-state index in [1.165, 1.54) is 14.2 Å². The van der Waals surface area contributed by atoms with Crippen molar-refractivity contribution in [3.05, 3.63) is 35.4 Å². The van der Waals surface area contributed by atoms with Gasteiger partial charge in [-0.05, 0) is 24.3 Å². The molecule has 0 spiro atoms. The van der Waals surface area contributed by atoms with Crippen LogP contribution in [0.1, 0.15) is 20.7 Å². The molecule has 1 fully saturated rings. The number of amides is 2. The molecule has 0 aliphatic carbocycles. The summed E-state index contributed by atoms with van der Waals surface area (Å²) in [5.74, 6) is -0.623. The summed E-state index contributed by atoms with van der Waals surface area (Å²) >= 11 is 0. The van der Waals surface area contributed by atoms with E-state index in [0.29, 0.717) is 37.3 Å². The lowest BCUT2D eigenvalue weighted by Gasteiger charge is -2.33. The van der Waals surface area contributed by atoms with E-state index < -0.39 is 5.97 Å². The van der Waals surface area contributed by atoms with Crippen molar-refractivity contribution < 1.29 is 23.9 Å². The van der Waals surface area contributed by atoms with E-state index in [-0.39, 0.29) is 12.0 Å². The number of hydrogen-bond donors (Lipinski definition) is 1. The van der Waals surface area contributed by atoms with Crippen LogP contribution in [-0.2, 0) is 9.47 Å². The van der Waals surface area contributed by atoms with Crippen LogP contribution >= 0.6 is 0 Å². The van der Waals surface area contributed by atoms with Crippen molar-refractivity contribution in [2.45, 2.75) is 0 Å². The first kappa shape index (κ1) is 18.7. The van der Waals surface area contributed by atoms with Gasteiger partial charge >= 0.3 is 12.1 Å². The summed E-state index contributed by atoms with van der Waals surface area (Å²) in [6, 6.07) is 6.31. The number of esters is 1. The van der Waals surface area contributed by atoms with Gasteiger partial charge in [0.2, 0.25) is 0 Å². The third kappa shape index (κ3) is 5.18. The van der Waals surface area contributed by atoms with Gasteiger partial charge in [-0.2, -0.15) is 0 Å². The summed E-state index contributed by atoms with van der Waals surface area (Å²) in [5, 5.41) is 2.85. The first-order valence-corrected chi connectivity index (χ1v) is 8.07. The molecule has 1 aromatic carbocycles. The van der Waals surface area contributed by atoms with Crippen LogP contribution in [0.4, 0.5) is 4.79 Å². The lowest BCUT2D eigenvalue weighted by molar-refractivity contribution is 0.0600. The second-order valence-electron chi connectivity index (χ2n) is 5.62. The highest BCUT2D eigenvalue weighted by atomic mass is 16.5. The van der Waals surface area contributed by atoms with E-state index in [4.69, 9.17) is 4.74 Å². The summed E-state index contributed by atoms with van der Waals surface area (Å²) < 4.78 is 9.32. The number of methoxy groups -OCH3 is 2. The predicted octanol–water partition coefficient (Wildman–Crippen LogP) is 0.587. The molecule has 8 heteroatoms. The van der Waals surface area contributed by atoms with Crippen LogP contribution < -0.4 is 5.32 Å². The molecule has 1 aliphatic rings. The van der Waals surface area contributed by atoms with E-state index in [0.717, 1.165) is 13.1 Å². The zero-order valence-electron chi connectivity index (χ0n) is 14.5. The second kappa shape index (κ2) is 9.03. The lowest BCUT2D eigenvalue weighted by Crippen LogP contribution is -2.50. The molecular weight excluding hydrogens is 326 g/mol. The molecule has 8 nitrogen and oxygen atoms in total. The van der Waals surface area contributed by atoms with Crippen LogP contribution in [-0.4, -0.2) is 81.3 Å². The summed E-state index contributed by atoms with van der Waals surface area (Å²) in [5.41, 5.74) is 0.894. The molecule has 1 aliphatic heterocycles. The van der Waals surface area contributed by atoms with Gasteiger partial charge in [0.25, 0.3) is 5.91 Å². The van der Waals surface area contributed by atoms with E-state index in [9.17, 15) is 14.4 Å². The maximum Gasteiger partial charge on any atom is 0.409 e. The Kier molecular flexibility index (Phi) is 6.76. The maximum absolute atomic E-state index is 12.1. The highest BCUT2D eigenvalue weighted by Gasteiger charge is 2.21. The van der Waals surface area contributed by atoms with Crippen LogP contribution in [0.2, 0.25) is 0 Å². The van der Waals surface area contributed by atoms with Crippen LogP contribution in [0.5, 0.6) is 0 Å². The predicted molar refractivity (Wildman–Crippen MR) is 90.5 cm³/mol. The maximum atomic E-state index is 12.1. The number of piperazine rings is 1. The van der Waals surface area contributed by atoms with Gasteiger partial charge in [0.1, 0.15) is 0 Å². The van der Waals surface area contributed by atoms with Crippen molar-refractivity contribution in [1.82, 2.24) is 15.1 Å². The third-order valence-electron chi connectivity index (χ3n) is 4.09. The fourth-order valence-corrected chi connectivity index (χ4v) is 2.59. The van der Waals surface area contributed by atoms with Crippen LogP contribution in [0.15, 0.2) is 24.3 Å². The quantitative estimate of drug-likeness (QED) is 0.783. The Morgan fingerprint density at radius 1 is 0.960 bits per heavy atom. The minimum Gasteiger partial charge on any atom is -0.465 e. The number of carbonyl (C=O) groups excluding carboxylic acids is 3. The average Bonchev–Trinajstić information content (AvgIpc) is 2.67. The van der Waals surface area contributed by atoms with Gasteiger partial charge in [0, 0.05) is 44.8 Å². The number of ether oxygens (including phenoxy) is 2. The monoisotopic (exact) mass is 349 g/mol. The minimum atomic E-state index is -0.432. The highest BCUT2D eigenvalue weighted by molar-refractivity contribution is 5.96. The molecule has 0 unspecified atom stereocenters. The normalized spacial score (nSPS) is 14.7. The molecule has 0 radical (unpaired) electrons. The zero-order chi connectivity index (χ0) is 18.2. The minimum absolute atomic E-state index is 0.190. The molecule has 0 atom stereocenters. The molecule has 136 valence electrons. The number of nitrogens with zero attached hydrogens (tertiary/aromatic N) is 2.